The molecule has 0 spiro atoms. The van der Waals surface area contributed by atoms with E-state index in [1.807, 2.05) is 26.2 Å². The number of nitrogens with zero attached hydrogens (tertiary/aromatic N) is 1. The van der Waals surface area contributed by atoms with E-state index in [4.69, 9.17) is 0 Å². The third-order valence-electron chi connectivity index (χ3n) is 4.52. The zero-order valence-corrected chi connectivity index (χ0v) is 17.0. The van der Waals surface area contributed by atoms with Crippen LogP contribution in [0.1, 0.15) is 36.6 Å². The van der Waals surface area contributed by atoms with E-state index in [1.54, 1.807) is 18.2 Å². The van der Waals surface area contributed by atoms with Crippen molar-refractivity contribution in [3.63, 3.8) is 0 Å². The molecule has 2 N–H and O–H groups in total. The first-order valence-corrected chi connectivity index (χ1v) is 9.48. The molecule has 1 atom stereocenters. The van der Waals surface area contributed by atoms with Crippen LogP contribution in [0.4, 0.5) is 5.69 Å². The van der Waals surface area contributed by atoms with E-state index in [1.165, 1.54) is 24.1 Å². The lowest BCUT2D eigenvalue weighted by Crippen LogP contribution is -2.33. The van der Waals surface area contributed by atoms with Crippen LogP contribution in [0.3, 0.4) is 0 Å². The van der Waals surface area contributed by atoms with Gasteiger partial charge in [-0.2, -0.15) is 0 Å². The van der Waals surface area contributed by atoms with Crippen LogP contribution < -0.4 is 10.6 Å². The monoisotopic (exact) mass is 379 g/mol. The van der Waals surface area contributed by atoms with Gasteiger partial charge in [-0.1, -0.05) is 43.3 Å². The van der Waals surface area contributed by atoms with Crippen LogP contribution in [0.15, 0.2) is 54.6 Å². The van der Waals surface area contributed by atoms with Crippen molar-refractivity contribution in [1.82, 2.24) is 10.2 Å². The minimum Gasteiger partial charge on any atom is -0.351 e. The van der Waals surface area contributed by atoms with Crippen molar-refractivity contribution < 1.29 is 9.59 Å². The molecule has 0 saturated heterocycles. The average molecular weight is 380 g/mol. The fourth-order valence-electron chi connectivity index (χ4n) is 2.88. The van der Waals surface area contributed by atoms with Crippen LogP contribution in [-0.4, -0.2) is 37.4 Å². The predicted molar refractivity (Wildman–Crippen MR) is 115 cm³/mol. The van der Waals surface area contributed by atoms with Gasteiger partial charge in [0, 0.05) is 25.2 Å². The van der Waals surface area contributed by atoms with Gasteiger partial charge in [0.1, 0.15) is 0 Å². The third-order valence-corrected chi connectivity index (χ3v) is 4.52. The quantitative estimate of drug-likeness (QED) is 0.689. The molecule has 2 aromatic rings. The van der Waals surface area contributed by atoms with Gasteiger partial charge in [0.2, 0.25) is 11.8 Å². The van der Waals surface area contributed by atoms with Gasteiger partial charge < -0.3 is 15.5 Å². The highest BCUT2D eigenvalue weighted by molar-refractivity contribution is 5.92. The Bertz CT molecular complexity index is 809. The summed E-state index contributed by atoms with van der Waals surface area (Å²) in [6, 6.07) is 16.0. The zero-order valence-electron chi connectivity index (χ0n) is 17.0. The highest BCUT2D eigenvalue weighted by Gasteiger charge is 2.14. The molecular weight excluding hydrogens is 350 g/mol. The molecule has 0 radical (unpaired) electrons. The Morgan fingerprint density at radius 2 is 1.68 bits per heavy atom. The lowest BCUT2D eigenvalue weighted by Gasteiger charge is -2.25. The van der Waals surface area contributed by atoms with Gasteiger partial charge in [-0.3, -0.25) is 9.59 Å². The van der Waals surface area contributed by atoms with E-state index in [2.05, 4.69) is 46.7 Å². The molecule has 0 saturated carbocycles. The molecule has 0 unspecified atom stereocenters. The van der Waals surface area contributed by atoms with E-state index in [0.717, 1.165) is 17.7 Å². The van der Waals surface area contributed by atoms with Crippen LogP contribution in [0.25, 0.3) is 6.08 Å². The molecule has 5 heteroatoms. The van der Waals surface area contributed by atoms with Crippen molar-refractivity contribution in [2.45, 2.75) is 26.3 Å². The molecule has 0 fully saturated rings. The Labute approximate surface area is 167 Å². The second-order valence-electron chi connectivity index (χ2n) is 6.96. The highest BCUT2D eigenvalue weighted by Crippen LogP contribution is 2.18. The van der Waals surface area contributed by atoms with Gasteiger partial charge in [0.05, 0.1) is 6.04 Å². The van der Waals surface area contributed by atoms with Gasteiger partial charge in [-0.05, 0) is 55.4 Å². The van der Waals surface area contributed by atoms with Gasteiger partial charge in [0.15, 0.2) is 0 Å². The lowest BCUT2D eigenvalue weighted by molar-refractivity contribution is -0.116. The van der Waals surface area contributed by atoms with Crippen molar-refractivity contribution in [1.29, 1.82) is 0 Å². The molecule has 28 heavy (non-hydrogen) atoms. The number of hydrogen-bond acceptors (Lipinski definition) is 3. The highest BCUT2D eigenvalue weighted by atomic mass is 16.2. The molecule has 0 heterocycles. The third kappa shape index (κ3) is 6.67. The van der Waals surface area contributed by atoms with Gasteiger partial charge in [-0.25, -0.2) is 0 Å². The molecule has 0 aliphatic heterocycles. The molecule has 0 bridgehead atoms. The summed E-state index contributed by atoms with van der Waals surface area (Å²) in [6.07, 6.45) is 4.30. The van der Waals surface area contributed by atoms with Crippen molar-refractivity contribution in [3.8, 4) is 0 Å². The van der Waals surface area contributed by atoms with E-state index >= 15 is 0 Å². The number of nitrogens with one attached hydrogen (secondary N) is 2. The number of aryl methyl sites for hydroxylation is 1. The standard InChI is InChI=1S/C23H29N3O2/c1-5-18-6-11-20(12-7-18)22(26(3)4)16-24-23(28)15-10-19-8-13-21(14-9-19)25-17(2)27/h6-15,22H,5,16H2,1-4H3,(H,24,28)(H,25,27)/b15-10+/t22-/m1/s1. The molecule has 2 rings (SSSR count). The Kier molecular flexibility index (Phi) is 7.96. The summed E-state index contributed by atoms with van der Waals surface area (Å²) in [5.41, 5.74) is 4.11. The molecule has 0 aromatic heterocycles. The Balaban J connectivity index is 1.93. The summed E-state index contributed by atoms with van der Waals surface area (Å²) in [5.74, 6) is -0.245. The summed E-state index contributed by atoms with van der Waals surface area (Å²) in [6.45, 7) is 4.14. The molecule has 148 valence electrons. The smallest absolute Gasteiger partial charge is 0.244 e. The second kappa shape index (κ2) is 10.4. The summed E-state index contributed by atoms with van der Waals surface area (Å²) in [5, 5.41) is 5.69. The van der Waals surface area contributed by atoms with Gasteiger partial charge in [0.25, 0.3) is 0 Å². The first-order valence-electron chi connectivity index (χ1n) is 9.48. The number of anilines is 1. The van der Waals surface area contributed by atoms with Gasteiger partial charge >= 0.3 is 0 Å². The van der Waals surface area contributed by atoms with Crippen molar-refractivity contribution in [3.05, 3.63) is 71.3 Å². The van der Waals surface area contributed by atoms with E-state index in [0.29, 0.717) is 6.54 Å². The largest absolute Gasteiger partial charge is 0.351 e. The minimum absolute atomic E-state index is 0.109. The fourth-order valence-corrected chi connectivity index (χ4v) is 2.88. The summed E-state index contributed by atoms with van der Waals surface area (Å²) >= 11 is 0. The molecule has 0 aliphatic rings. The second-order valence-corrected chi connectivity index (χ2v) is 6.96. The Morgan fingerprint density at radius 3 is 2.21 bits per heavy atom. The fraction of sp³-hybridized carbons (Fsp3) is 0.304. The van der Waals surface area contributed by atoms with Gasteiger partial charge in [-0.15, -0.1) is 0 Å². The predicted octanol–water partition coefficient (Wildman–Crippen LogP) is 3.64. The lowest BCUT2D eigenvalue weighted by atomic mass is 10.0. The summed E-state index contributed by atoms with van der Waals surface area (Å²) < 4.78 is 0. The number of hydrogen-bond donors (Lipinski definition) is 2. The maximum absolute atomic E-state index is 12.2. The summed E-state index contributed by atoms with van der Waals surface area (Å²) in [4.78, 5) is 25.4. The van der Waals surface area contributed by atoms with Crippen LogP contribution in [0.2, 0.25) is 0 Å². The van der Waals surface area contributed by atoms with Crippen LogP contribution in [-0.2, 0) is 16.0 Å². The number of carbonyl (C=O) groups excluding carboxylic acids is 2. The van der Waals surface area contributed by atoms with Crippen LogP contribution >= 0.6 is 0 Å². The normalized spacial score (nSPS) is 12.2. The molecule has 2 amide bonds. The Morgan fingerprint density at radius 1 is 1.04 bits per heavy atom. The number of rotatable bonds is 8. The molecule has 0 aliphatic carbocycles. The molecular formula is C23H29N3O2. The number of benzene rings is 2. The SMILES string of the molecule is CCc1ccc([C@@H](CNC(=O)/C=C/c2ccc(NC(C)=O)cc2)N(C)C)cc1. The number of likely N-dealkylation sites (N-methyl/N-ethyl adjacent to an activating group) is 1. The van der Waals surface area contributed by atoms with Crippen molar-refractivity contribution >= 4 is 23.6 Å². The van der Waals surface area contributed by atoms with Crippen LogP contribution in [0, 0.1) is 0 Å². The van der Waals surface area contributed by atoms with E-state index in [9.17, 15) is 9.59 Å². The Hall–Kier alpha value is -2.92. The maximum atomic E-state index is 12.2. The topological polar surface area (TPSA) is 61.4 Å². The first-order chi connectivity index (χ1) is 13.4. The molecule has 2 aromatic carbocycles. The van der Waals surface area contributed by atoms with E-state index in [-0.39, 0.29) is 17.9 Å². The minimum atomic E-state index is -0.136. The average Bonchev–Trinajstić information content (AvgIpc) is 2.67. The summed E-state index contributed by atoms with van der Waals surface area (Å²) in [7, 11) is 4.02. The first kappa shape index (κ1) is 21.4. The molecule has 5 nitrogen and oxygen atoms in total. The van der Waals surface area contributed by atoms with Crippen LogP contribution in [0.5, 0.6) is 0 Å². The maximum Gasteiger partial charge on any atom is 0.244 e. The zero-order chi connectivity index (χ0) is 20.5. The van der Waals surface area contributed by atoms with Crippen molar-refractivity contribution in [2.24, 2.45) is 0 Å². The van der Waals surface area contributed by atoms with E-state index < -0.39 is 0 Å². The number of amides is 2. The number of carbonyl (C=O) groups is 2. The van der Waals surface area contributed by atoms with Crippen molar-refractivity contribution in [2.75, 3.05) is 26.0 Å².